The molecule has 0 N–H and O–H groups in total. The maximum atomic E-state index is 12.8. The van der Waals surface area contributed by atoms with Crippen molar-refractivity contribution in [2.75, 3.05) is 40.4 Å². The predicted octanol–water partition coefficient (Wildman–Crippen LogP) is 3.32. The molecule has 3 rings (SSSR count). The highest BCUT2D eigenvalue weighted by Gasteiger charge is 2.22. The van der Waals surface area contributed by atoms with Crippen LogP contribution in [0.2, 0.25) is 0 Å². The number of carbonyl (C=O) groups is 2. The summed E-state index contributed by atoms with van der Waals surface area (Å²) < 4.78 is 10.6. The minimum Gasteiger partial charge on any atom is -0.493 e. The fourth-order valence-electron chi connectivity index (χ4n) is 3.69. The molecular weight excluding hydrogens is 380 g/mol. The van der Waals surface area contributed by atoms with Crippen LogP contribution in [0.4, 0.5) is 0 Å². The second-order valence-electron chi connectivity index (χ2n) is 7.58. The van der Waals surface area contributed by atoms with Crippen LogP contribution in [0.5, 0.6) is 11.5 Å². The minimum absolute atomic E-state index is 0.0367. The summed E-state index contributed by atoms with van der Waals surface area (Å²) in [6.07, 6.45) is 1.86. The molecule has 2 amide bonds. The molecule has 30 heavy (non-hydrogen) atoms. The number of aryl methyl sites for hydroxylation is 2. The second kappa shape index (κ2) is 10.1. The summed E-state index contributed by atoms with van der Waals surface area (Å²) >= 11 is 0. The molecule has 6 heteroatoms. The summed E-state index contributed by atoms with van der Waals surface area (Å²) in [4.78, 5) is 29.2. The standard InChI is InChI=1S/C24H30N2O4/c1-18-5-9-20(10-6-18)24(28)26-14-4-13-25(15-16-26)23(27)12-8-19-7-11-21(29-2)22(17-19)30-3/h5-7,9-11,17H,4,8,12-16H2,1-3H3. The van der Waals surface area contributed by atoms with Crippen LogP contribution >= 0.6 is 0 Å². The lowest BCUT2D eigenvalue weighted by atomic mass is 10.1. The lowest BCUT2D eigenvalue weighted by Gasteiger charge is -2.22. The maximum absolute atomic E-state index is 12.8. The van der Waals surface area contributed by atoms with E-state index in [1.165, 1.54) is 0 Å². The number of hydrogen-bond acceptors (Lipinski definition) is 4. The van der Waals surface area contributed by atoms with E-state index < -0.39 is 0 Å². The van der Waals surface area contributed by atoms with Gasteiger partial charge in [0.25, 0.3) is 5.91 Å². The molecule has 1 fully saturated rings. The van der Waals surface area contributed by atoms with Gasteiger partial charge in [0.2, 0.25) is 5.91 Å². The van der Waals surface area contributed by atoms with E-state index in [-0.39, 0.29) is 11.8 Å². The van der Waals surface area contributed by atoms with Crippen LogP contribution in [0.1, 0.15) is 34.3 Å². The minimum atomic E-state index is 0.0367. The Morgan fingerprint density at radius 2 is 1.53 bits per heavy atom. The fraction of sp³-hybridized carbons (Fsp3) is 0.417. The number of hydrogen-bond donors (Lipinski definition) is 0. The van der Waals surface area contributed by atoms with Gasteiger partial charge in [-0.2, -0.15) is 0 Å². The van der Waals surface area contributed by atoms with E-state index in [2.05, 4.69) is 0 Å². The zero-order chi connectivity index (χ0) is 21.5. The molecule has 0 saturated carbocycles. The van der Waals surface area contributed by atoms with E-state index >= 15 is 0 Å². The summed E-state index contributed by atoms with van der Waals surface area (Å²) in [6, 6.07) is 13.4. The van der Waals surface area contributed by atoms with Crippen molar-refractivity contribution in [3.05, 3.63) is 59.2 Å². The van der Waals surface area contributed by atoms with Crippen LogP contribution in [0.25, 0.3) is 0 Å². The van der Waals surface area contributed by atoms with Gasteiger partial charge in [-0.25, -0.2) is 0 Å². The molecule has 1 saturated heterocycles. The highest BCUT2D eigenvalue weighted by Crippen LogP contribution is 2.28. The number of carbonyl (C=O) groups excluding carboxylic acids is 2. The summed E-state index contributed by atoms with van der Waals surface area (Å²) in [5.74, 6) is 1.50. The lowest BCUT2D eigenvalue weighted by molar-refractivity contribution is -0.131. The van der Waals surface area contributed by atoms with E-state index in [1.54, 1.807) is 14.2 Å². The van der Waals surface area contributed by atoms with Gasteiger partial charge in [0, 0.05) is 38.2 Å². The predicted molar refractivity (Wildman–Crippen MR) is 116 cm³/mol. The highest BCUT2D eigenvalue weighted by atomic mass is 16.5. The van der Waals surface area contributed by atoms with Gasteiger partial charge >= 0.3 is 0 Å². The summed E-state index contributed by atoms with van der Waals surface area (Å²) in [5, 5.41) is 0. The number of rotatable bonds is 6. The molecular formula is C24H30N2O4. The van der Waals surface area contributed by atoms with Gasteiger partial charge in [-0.15, -0.1) is 0 Å². The van der Waals surface area contributed by atoms with E-state index in [9.17, 15) is 9.59 Å². The van der Waals surface area contributed by atoms with Crippen LogP contribution in [0.15, 0.2) is 42.5 Å². The maximum Gasteiger partial charge on any atom is 0.253 e. The molecule has 0 aromatic heterocycles. The SMILES string of the molecule is COc1ccc(CCC(=O)N2CCCN(C(=O)c3ccc(C)cc3)CC2)cc1OC. The summed E-state index contributed by atoms with van der Waals surface area (Å²) in [5.41, 5.74) is 2.87. The van der Waals surface area contributed by atoms with Gasteiger partial charge in [0.15, 0.2) is 11.5 Å². The van der Waals surface area contributed by atoms with Crippen molar-refractivity contribution in [2.24, 2.45) is 0 Å². The van der Waals surface area contributed by atoms with E-state index in [0.29, 0.717) is 56.1 Å². The molecule has 0 unspecified atom stereocenters. The summed E-state index contributed by atoms with van der Waals surface area (Å²) in [7, 11) is 3.21. The van der Waals surface area contributed by atoms with Gasteiger partial charge in [-0.1, -0.05) is 23.8 Å². The smallest absolute Gasteiger partial charge is 0.253 e. The van der Waals surface area contributed by atoms with Gasteiger partial charge in [-0.05, 0) is 49.6 Å². The zero-order valence-electron chi connectivity index (χ0n) is 18.0. The Labute approximate surface area is 178 Å². The third-order valence-electron chi connectivity index (χ3n) is 5.51. The van der Waals surface area contributed by atoms with Crippen LogP contribution in [0, 0.1) is 6.92 Å². The molecule has 1 heterocycles. The third-order valence-corrected chi connectivity index (χ3v) is 5.51. The number of benzene rings is 2. The van der Waals surface area contributed by atoms with Crippen molar-refractivity contribution < 1.29 is 19.1 Å². The Morgan fingerprint density at radius 3 is 2.23 bits per heavy atom. The van der Waals surface area contributed by atoms with Crippen LogP contribution in [0.3, 0.4) is 0 Å². The van der Waals surface area contributed by atoms with Gasteiger partial charge in [0.05, 0.1) is 14.2 Å². The van der Waals surface area contributed by atoms with Crippen LogP contribution in [-0.4, -0.2) is 62.0 Å². The van der Waals surface area contributed by atoms with Gasteiger partial charge in [-0.3, -0.25) is 9.59 Å². The van der Waals surface area contributed by atoms with Crippen molar-refractivity contribution in [3.8, 4) is 11.5 Å². The number of methoxy groups -OCH3 is 2. The molecule has 2 aromatic carbocycles. The van der Waals surface area contributed by atoms with Gasteiger partial charge in [0.1, 0.15) is 0 Å². The lowest BCUT2D eigenvalue weighted by Crippen LogP contribution is -2.37. The molecule has 0 bridgehead atoms. The fourth-order valence-corrected chi connectivity index (χ4v) is 3.69. The highest BCUT2D eigenvalue weighted by molar-refractivity contribution is 5.94. The molecule has 0 atom stereocenters. The van der Waals surface area contributed by atoms with Gasteiger partial charge < -0.3 is 19.3 Å². The molecule has 160 valence electrons. The molecule has 0 radical (unpaired) electrons. The van der Waals surface area contributed by atoms with E-state index in [0.717, 1.165) is 17.5 Å². The first-order chi connectivity index (χ1) is 14.5. The Kier molecular flexibility index (Phi) is 7.33. The van der Waals surface area contributed by atoms with Crippen molar-refractivity contribution in [1.29, 1.82) is 0 Å². The summed E-state index contributed by atoms with van der Waals surface area (Å²) in [6.45, 7) is 4.50. The number of amides is 2. The van der Waals surface area contributed by atoms with E-state index in [1.807, 2.05) is 59.2 Å². The average Bonchev–Trinajstić information content (AvgIpc) is 3.03. The average molecular weight is 411 g/mol. The quantitative estimate of drug-likeness (QED) is 0.733. The van der Waals surface area contributed by atoms with Crippen LogP contribution < -0.4 is 9.47 Å². The molecule has 1 aliphatic rings. The first kappa shape index (κ1) is 21.7. The van der Waals surface area contributed by atoms with Crippen molar-refractivity contribution in [1.82, 2.24) is 9.80 Å². The Hall–Kier alpha value is -3.02. The van der Waals surface area contributed by atoms with Crippen LogP contribution in [-0.2, 0) is 11.2 Å². The zero-order valence-corrected chi connectivity index (χ0v) is 18.0. The Morgan fingerprint density at radius 1 is 0.867 bits per heavy atom. The number of nitrogens with zero attached hydrogens (tertiary/aromatic N) is 2. The van der Waals surface area contributed by atoms with E-state index in [4.69, 9.17) is 9.47 Å². The Bertz CT molecular complexity index is 879. The molecule has 1 aliphatic heterocycles. The molecule has 0 aliphatic carbocycles. The van der Waals surface area contributed by atoms with Crippen molar-refractivity contribution in [3.63, 3.8) is 0 Å². The molecule has 6 nitrogen and oxygen atoms in total. The third kappa shape index (κ3) is 5.32. The first-order valence-electron chi connectivity index (χ1n) is 10.4. The first-order valence-corrected chi connectivity index (χ1v) is 10.4. The molecule has 2 aromatic rings. The second-order valence-corrected chi connectivity index (χ2v) is 7.58. The number of ether oxygens (including phenoxy) is 2. The largest absolute Gasteiger partial charge is 0.493 e. The normalized spacial score (nSPS) is 14.2. The topological polar surface area (TPSA) is 59.1 Å². The van der Waals surface area contributed by atoms with Crippen molar-refractivity contribution in [2.45, 2.75) is 26.2 Å². The van der Waals surface area contributed by atoms with Crippen molar-refractivity contribution >= 4 is 11.8 Å². The Balaban J connectivity index is 1.54. The monoisotopic (exact) mass is 410 g/mol. The molecule has 0 spiro atoms.